The van der Waals surface area contributed by atoms with Crippen LogP contribution in [0.5, 0.6) is 0 Å². The van der Waals surface area contributed by atoms with Gasteiger partial charge in [-0.1, -0.05) is 12.1 Å². The van der Waals surface area contributed by atoms with E-state index >= 15 is 0 Å². The van der Waals surface area contributed by atoms with Crippen molar-refractivity contribution in [2.45, 2.75) is 31.3 Å². The van der Waals surface area contributed by atoms with E-state index in [1.807, 2.05) is 18.2 Å². The highest BCUT2D eigenvalue weighted by Gasteiger charge is 2.48. The van der Waals surface area contributed by atoms with Gasteiger partial charge in [-0.25, -0.2) is 4.79 Å². The molecule has 0 spiro atoms. The molecule has 0 aromatic heterocycles. The Morgan fingerprint density at radius 2 is 2.19 bits per heavy atom. The molecule has 16 heavy (non-hydrogen) atoms. The number of ether oxygens (including phenoxy) is 1. The number of hydrogen-bond acceptors (Lipinski definition) is 3. The van der Waals surface area contributed by atoms with Crippen molar-refractivity contribution in [2.24, 2.45) is 0 Å². The highest BCUT2D eigenvalue weighted by atomic mass is 16.5. The highest BCUT2D eigenvalue weighted by Crippen LogP contribution is 2.50. The van der Waals surface area contributed by atoms with Gasteiger partial charge in [0.25, 0.3) is 0 Å². The fraction of sp³-hybridized carbons (Fsp3) is 0.462. The van der Waals surface area contributed by atoms with Gasteiger partial charge in [-0.15, -0.1) is 0 Å². The fourth-order valence-electron chi connectivity index (χ4n) is 2.16. The first kappa shape index (κ1) is 11.1. The van der Waals surface area contributed by atoms with E-state index in [1.165, 1.54) is 7.11 Å². The second-order valence-electron chi connectivity index (χ2n) is 4.40. The number of methoxy groups -OCH3 is 1. The Labute approximate surface area is 95.0 Å². The lowest BCUT2D eigenvalue weighted by molar-refractivity contribution is 0.0600. The maximum atomic E-state index is 11.4. The van der Waals surface area contributed by atoms with E-state index < -0.39 is 0 Å². The molecule has 2 rings (SSSR count). The average Bonchev–Trinajstić information content (AvgIpc) is 3.09. The van der Waals surface area contributed by atoms with Crippen LogP contribution < -0.4 is 0 Å². The molecule has 3 heteroatoms. The number of carbonyl (C=O) groups excluding carboxylic acids is 1. The van der Waals surface area contributed by atoms with Crippen LogP contribution in [-0.4, -0.2) is 24.3 Å². The summed E-state index contributed by atoms with van der Waals surface area (Å²) in [5, 5.41) is 9.77. The van der Waals surface area contributed by atoms with Crippen molar-refractivity contribution in [3.8, 4) is 0 Å². The smallest absolute Gasteiger partial charge is 0.337 e. The third kappa shape index (κ3) is 1.71. The van der Waals surface area contributed by atoms with Crippen LogP contribution in [-0.2, 0) is 10.2 Å². The zero-order valence-corrected chi connectivity index (χ0v) is 9.56. The van der Waals surface area contributed by atoms with Crippen LogP contribution in [0.4, 0.5) is 0 Å². The van der Waals surface area contributed by atoms with Crippen molar-refractivity contribution >= 4 is 5.97 Å². The fourth-order valence-corrected chi connectivity index (χ4v) is 2.16. The Kier molecular flexibility index (Phi) is 2.72. The lowest BCUT2D eigenvalue weighted by atomic mass is 9.90. The van der Waals surface area contributed by atoms with Gasteiger partial charge in [0.2, 0.25) is 0 Å². The number of benzene rings is 1. The van der Waals surface area contributed by atoms with Crippen molar-refractivity contribution in [1.82, 2.24) is 0 Å². The first-order chi connectivity index (χ1) is 7.60. The number of aliphatic hydroxyl groups is 1. The van der Waals surface area contributed by atoms with E-state index in [2.05, 4.69) is 4.74 Å². The molecule has 1 aliphatic carbocycles. The van der Waals surface area contributed by atoms with Gasteiger partial charge >= 0.3 is 5.97 Å². The van der Waals surface area contributed by atoms with E-state index in [0.29, 0.717) is 5.56 Å². The SMILES string of the molecule is COC(=O)c1cccc(C2(C(C)O)CC2)c1. The average molecular weight is 220 g/mol. The van der Waals surface area contributed by atoms with Gasteiger partial charge < -0.3 is 9.84 Å². The predicted molar refractivity (Wildman–Crippen MR) is 60.4 cm³/mol. The summed E-state index contributed by atoms with van der Waals surface area (Å²) in [5.41, 5.74) is 1.45. The minimum Gasteiger partial charge on any atom is -0.465 e. The monoisotopic (exact) mass is 220 g/mol. The first-order valence-corrected chi connectivity index (χ1v) is 5.47. The molecule has 86 valence electrons. The molecule has 0 radical (unpaired) electrons. The van der Waals surface area contributed by atoms with Crippen molar-refractivity contribution in [3.63, 3.8) is 0 Å². The standard InChI is InChI=1S/C13H16O3/c1-9(14)13(6-7-13)11-5-3-4-10(8-11)12(15)16-2/h3-5,8-9,14H,6-7H2,1-2H3. The molecule has 1 aliphatic rings. The molecule has 1 unspecified atom stereocenters. The van der Waals surface area contributed by atoms with Crippen LogP contribution in [0.15, 0.2) is 24.3 Å². The third-order valence-corrected chi connectivity index (χ3v) is 3.45. The summed E-state index contributed by atoms with van der Waals surface area (Å²) in [4.78, 5) is 11.4. The lowest BCUT2D eigenvalue weighted by Gasteiger charge is -2.19. The Morgan fingerprint density at radius 1 is 1.50 bits per heavy atom. The zero-order chi connectivity index (χ0) is 11.8. The Morgan fingerprint density at radius 3 is 2.69 bits per heavy atom. The summed E-state index contributed by atoms with van der Waals surface area (Å²) in [6.45, 7) is 1.80. The molecule has 1 N–H and O–H groups in total. The van der Waals surface area contributed by atoms with Crippen LogP contribution in [0.3, 0.4) is 0 Å². The molecule has 1 aromatic rings. The summed E-state index contributed by atoms with van der Waals surface area (Å²) in [5.74, 6) is -0.330. The Hall–Kier alpha value is -1.35. The van der Waals surface area contributed by atoms with Crippen LogP contribution in [0.1, 0.15) is 35.7 Å². The molecule has 1 fully saturated rings. The largest absolute Gasteiger partial charge is 0.465 e. The van der Waals surface area contributed by atoms with Crippen molar-refractivity contribution in [3.05, 3.63) is 35.4 Å². The molecule has 1 atom stereocenters. The number of aliphatic hydroxyl groups excluding tert-OH is 1. The lowest BCUT2D eigenvalue weighted by Crippen LogP contribution is -2.22. The van der Waals surface area contributed by atoms with Gasteiger partial charge in [0.15, 0.2) is 0 Å². The van der Waals surface area contributed by atoms with Gasteiger partial charge in [0.1, 0.15) is 0 Å². The van der Waals surface area contributed by atoms with Crippen LogP contribution in [0, 0.1) is 0 Å². The Balaban J connectivity index is 2.33. The van der Waals surface area contributed by atoms with Crippen molar-refractivity contribution in [1.29, 1.82) is 0 Å². The van der Waals surface area contributed by atoms with E-state index in [0.717, 1.165) is 18.4 Å². The van der Waals surface area contributed by atoms with Crippen LogP contribution in [0.25, 0.3) is 0 Å². The van der Waals surface area contributed by atoms with Crippen LogP contribution in [0.2, 0.25) is 0 Å². The zero-order valence-electron chi connectivity index (χ0n) is 9.56. The predicted octanol–water partition coefficient (Wildman–Crippen LogP) is 1.89. The third-order valence-electron chi connectivity index (χ3n) is 3.45. The minimum absolute atomic E-state index is 0.135. The Bertz CT molecular complexity index is 405. The maximum Gasteiger partial charge on any atom is 0.337 e. The normalized spacial score (nSPS) is 18.9. The first-order valence-electron chi connectivity index (χ1n) is 5.47. The van der Waals surface area contributed by atoms with Gasteiger partial charge in [-0.2, -0.15) is 0 Å². The topological polar surface area (TPSA) is 46.5 Å². The molecule has 0 heterocycles. The summed E-state index contributed by atoms with van der Waals surface area (Å²) in [6.07, 6.45) is 1.59. The maximum absolute atomic E-state index is 11.4. The molecule has 1 aromatic carbocycles. The molecule has 0 saturated heterocycles. The van der Waals surface area contributed by atoms with E-state index in [1.54, 1.807) is 13.0 Å². The highest BCUT2D eigenvalue weighted by molar-refractivity contribution is 5.89. The van der Waals surface area contributed by atoms with Crippen LogP contribution >= 0.6 is 0 Å². The summed E-state index contributed by atoms with van der Waals surface area (Å²) in [7, 11) is 1.37. The van der Waals surface area contributed by atoms with E-state index in [4.69, 9.17) is 0 Å². The number of hydrogen-bond donors (Lipinski definition) is 1. The second-order valence-corrected chi connectivity index (χ2v) is 4.40. The molecule has 0 bridgehead atoms. The number of esters is 1. The van der Waals surface area contributed by atoms with Crippen molar-refractivity contribution in [2.75, 3.05) is 7.11 Å². The molecular formula is C13H16O3. The molecule has 0 amide bonds. The van der Waals surface area contributed by atoms with E-state index in [-0.39, 0.29) is 17.5 Å². The summed E-state index contributed by atoms with van der Waals surface area (Å²) < 4.78 is 4.68. The van der Waals surface area contributed by atoms with Gasteiger partial charge in [-0.05, 0) is 37.5 Å². The minimum atomic E-state index is -0.375. The molecule has 0 aliphatic heterocycles. The van der Waals surface area contributed by atoms with Crippen molar-refractivity contribution < 1.29 is 14.6 Å². The quantitative estimate of drug-likeness (QED) is 0.791. The van der Waals surface area contributed by atoms with Gasteiger partial charge in [0, 0.05) is 5.41 Å². The number of rotatable bonds is 3. The molecule has 1 saturated carbocycles. The van der Waals surface area contributed by atoms with Gasteiger partial charge in [-0.3, -0.25) is 0 Å². The number of carbonyl (C=O) groups is 1. The second kappa shape index (κ2) is 3.91. The molecule has 3 nitrogen and oxygen atoms in total. The van der Waals surface area contributed by atoms with E-state index in [9.17, 15) is 9.90 Å². The summed E-state index contributed by atoms with van der Waals surface area (Å²) in [6, 6.07) is 7.36. The van der Waals surface area contributed by atoms with Gasteiger partial charge in [0.05, 0.1) is 18.8 Å². The summed E-state index contributed by atoms with van der Waals surface area (Å²) >= 11 is 0. The molecular weight excluding hydrogens is 204 g/mol.